The van der Waals surface area contributed by atoms with Crippen LogP contribution in [0, 0.1) is 0 Å². The van der Waals surface area contributed by atoms with Gasteiger partial charge in [0.1, 0.15) is 0 Å². The van der Waals surface area contributed by atoms with Crippen LogP contribution in [0.5, 0.6) is 0 Å². The summed E-state index contributed by atoms with van der Waals surface area (Å²) in [5, 5.41) is 15.2. The molecule has 0 aliphatic heterocycles. The maximum atomic E-state index is 2.53. The molecular weight excluding hydrogens is 1020 g/mol. The summed E-state index contributed by atoms with van der Waals surface area (Å²) < 4.78 is 0. The van der Waals surface area contributed by atoms with Crippen LogP contribution in [0.3, 0.4) is 0 Å². The maximum Gasteiger partial charge on any atom is 0.0732 e. The van der Waals surface area contributed by atoms with Crippen LogP contribution in [-0.2, 0) is 16.2 Å². The molecule has 4 aliphatic carbocycles. The van der Waals surface area contributed by atoms with E-state index < -0.39 is 10.8 Å². The van der Waals surface area contributed by atoms with Crippen molar-refractivity contribution in [3.63, 3.8) is 0 Å². The third-order valence-electron chi connectivity index (χ3n) is 20.3. The van der Waals surface area contributed by atoms with Crippen LogP contribution in [-0.4, -0.2) is 0 Å². The molecule has 0 bridgehead atoms. The van der Waals surface area contributed by atoms with Gasteiger partial charge in [0.15, 0.2) is 0 Å². The van der Waals surface area contributed by atoms with Crippen LogP contribution >= 0.6 is 0 Å². The Hall–Kier alpha value is -10.3. The summed E-state index contributed by atoms with van der Waals surface area (Å²) in [6.07, 6.45) is 0. The quantitative estimate of drug-likeness (QED) is 0.159. The Balaban J connectivity index is 0.911. The smallest absolute Gasteiger partial charge is 0.0732 e. The number of fused-ring (bicyclic) bond motifs is 34. The number of hydrogen-bond donors (Lipinski definition) is 0. The lowest BCUT2D eigenvalue weighted by molar-refractivity contribution is 0.590. The molecule has 0 aromatic heterocycles. The molecule has 0 saturated heterocycles. The lowest BCUT2D eigenvalue weighted by Gasteiger charge is -2.33. The summed E-state index contributed by atoms with van der Waals surface area (Å²) in [6.45, 7) is 6.93. The van der Waals surface area contributed by atoms with Crippen molar-refractivity contribution in [3.05, 3.63) is 329 Å². The fraction of sp³-hybridized carbons (Fsp3) is 0.0714. The lowest BCUT2D eigenvalue weighted by atomic mass is 9.69. The van der Waals surface area contributed by atoms with Crippen molar-refractivity contribution in [2.75, 3.05) is 4.90 Å². The molecule has 4 aliphatic rings. The predicted octanol–water partition coefficient (Wildman–Crippen LogP) is 22.1. The molecule has 0 amide bonds. The van der Waals surface area contributed by atoms with Gasteiger partial charge in [0.25, 0.3) is 0 Å². The van der Waals surface area contributed by atoms with E-state index in [-0.39, 0.29) is 5.41 Å². The molecule has 0 radical (unpaired) electrons. The number of benzene rings is 15. The van der Waals surface area contributed by atoms with Crippen molar-refractivity contribution in [2.24, 2.45) is 0 Å². The molecule has 15 aromatic carbocycles. The van der Waals surface area contributed by atoms with Crippen LogP contribution in [0.25, 0.3) is 109 Å². The molecule has 0 fully saturated rings. The molecule has 1 heteroatoms. The number of nitrogens with zero attached hydrogens (tertiary/aromatic N) is 1. The highest BCUT2D eigenvalue weighted by atomic mass is 15.1. The van der Waals surface area contributed by atoms with Gasteiger partial charge in [-0.05, 0) is 201 Å². The second-order valence-electron chi connectivity index (χ2n) is 25.3. The van der Waals surface area contributed by atoms with Crippen molar-refractivity contribution in [2.45, 2.75) is 37.0 Å². The Labute approximate surface area is 494 Å². The van der Waals surface area contributed by atoms with Gasteiger partial charge in [-0.2, -0.15) is 0 Å². The van der Waals surface area contributed by atoms with Gasteiger partial charge in [-0.3, -0.25) is 0 Å². The first-order chi connectivity index (χ1) is 41.8. The molecule has 2 spiro atoms. The molecule has 0 heterocycles. The van der Waals surface area contributed by atoms with Crippen molar-refractivity contribution in [1.29, 1.82) is 0 Å². The van der Waals surface area contributed by atoms with E-state index in [4.69, 9.17) is 0 Å². The Bertz CT molecular complexity index is 5070. The fourth-order valence-corrected chi connectivity index (χ4v) is 17.1. The maximum absolute atomic E-state index is 2.53. The molecule has 0 N–H and O–H groups in total. The van der Waals surface area contributed by atoms with Crippen molar-refractivity contribution in [3.8, 4) is 44.5 Å². The molecule has 1 nitrogen and oxygen atoms in total. The standard InChI is InChI=1S/C84H55N/c1-82(2,3)52-38-40-53(41-39-52)85(54-42-44-66-68(48-54)58-24-8-10-30-64(58)78-76-56-22-6-4-20-50(56)36-46-74(76)83(80(66)78)70-32-16-12-26-60(70)61-27-13-17-33-71(61)83)55-43-45-67-69(49-55)59-25-9-11-31-65(59)79-77-57-23-7-5-21-51(57)37-47-75(77)84(81(67)79)72-34-18-14-28-62(72)63-29-15-19-35-73(63)84/h4-49H,1-3H3. The largest absolute Gasteiger partial charge is 0.310 e. The topological polar surface area (TPSA) is 3.24 Å². The van der Waals surface area contributed by atoms with Gasteiger partial charge in [0.05, 0.1) is 10.8 Å². The Kier molecular flexibility index (Phi) is 9.26. The average Bonchev–Trinajstić information content (AvgIpc) is 1.52. The summed E-state index contributed by atoms with van der Waals surface area (Å²) >= 11 is 0. The van der Waals surface area contributed by atoms with Gasteiger partial charge in [-0.25, -0.2) is 0 Å². The third-order valence-corrected chi connectivity index (χ3v) is 20.3. The highest BCUT2D eigenvalue weighted by Gasteiger charge is 2.55. The highest BCUT2D eigenvalue weighted by molar-refractivity contribution is 6.25. The number of anilines is 3. The summed E-state index contributed by atoms with van der Waals surface area (Å²) in [6, 6.07) is 107. The summed E-state index contributed by atoms with van der Waals surface area (Å²) in [5.74, 6) is 0. The van der Waals surface area contributed by atoms with Crippen LogP contribution in [0.2, 0.25) is 0 Å². The van der Waals surface area contributed by atoms with E-state index in [1.165, 1.54) is 159 Å². The minimum atomic E-state index is -0.544. The van der Waals surface area contributed by atoms with E-state index >= 15 is 0 Å². The van der Waals surface area contributed by atoms with E-state index in [2.05, 4.69) is 305 Å². The zero-order valence-electron chi connectivity index (χ0n) is 47.5. The summed E-state index contributed by atoms with van der Waals surface area (Å²) in [4.78, 5) is 2.53. The molecule has 15 aromatic rings. The second kappa shape index (κ2) is 16.7. The lowest BCUT2D eigenvalue weighted by Crippen LogP contribution is -2.26. The zero-order chi connectivity index (χ0) is 56.1. The van der Waals surface area contributed by atoms with E-state index in [0.717, 1.165) is 17.1 Å². The fourth-order valence-electron chi connectivity index (χ4n) is 17.1. The van der Waals surface area contributed by atoms with Crippen LogP contribution < -0.4 is 4.90 Å². The summed E-state index contributed by atoms with van der Waals surface area (Å²) in [5.41, 5.74) is 25.1. The number of rotatable bonds is 3. The molecule has 0 unspecified atom stereocenters. The first kappa shape index (κ1) is 47.2. The van der Waals surface area contributed by atoms with Gasteiger partial charge < -0.3 is 4.90 Å². The molecule has 0 atom stereocenters. The Morgan fingerprint density at radius 2 is 0.588 bits per heavy atom. The first-order valence-electron chi connectivity index (χ1n) is 30.2. The van der Waals surface area contributed by atoms with Gasteiger partial charge in [0, 0.05) is 17.1 Å². The van der Waals surface area contributed by atoms with E-state index in [1.807, 2.05) is 0 Å². The highest BCUT2D eigenvalue weighted by Crippen LogP contribution is 2.69. The van der Waals surface area contributed by atoms with Gasteiger partial charge >= 0.3 is 0 Å². The monoisotopic (exact) mass is 1080 g/mol. The third kappa shape index (κ3) is 5.88. The van der Waals surface area contributed by atoms with E-state index in [1.54, 1.807) is 0 Å². The Morgan fingerprint density at radius 3 is 0.988 bits per heavy atom. The van der Waals surface area contributed by atoms with Crippen LogP contribution in [0.1, 0.15) is 70.8 Å². The van der Waals surface area contributed by atoms with E-state index in [9.17, 15) is 0 Å². The zero-order valence-corrected chi connectivity index (χ0v) is 47.5. The normalized spacial score (nSPS) is 14.2. The molecule has 396 valence electrons. The SMILES string of the molecule is CC(C)(C)c1ccc(N(c2ccc3c4c(c5ccccc5c3c2)-c2c(ccc3ccccc23)C42c3ccccc3-c3ccccc32)c2ccc3c4c(c5ccccc5c3c2)-c2c(ccc3ccccc23)C42c3ccccc3-c3ccccc32)cc1. The average molecular weight is 1080 g/mol. The first-order valence-corrected chi connectivity index (χ1v) is 30.2. The second-order valence-corrected chi connectivity index (χ2v) is 25.3. The van der Waals surface area contributed by atoms with Gasteiger partial charge in [0.2, 0.25) is 0 Å². The minimum Gasteiger partial charge on any atom is -0.310 e. The van der Waals surface area contributed by atoms with Gasteiger partial charge in [-0.15, -0.1) is 0 Å². The van der Waals surface area contributed by atoms with Crippen molar-refractivity contribution in [1.82, 2.24) is 0 Å². The van der Waals surface area contributed by atoms with Crippen molar-refractivity contribution >= 4 is 81.7 Å². The molecule has 19 rings (SSSR count). The molecule has 85 heavy (non-hydrogen) atoms. The Morgan fingerprint density at radius 1 is 0.247 bits per heavy atom. The van der Waals surface area contributed by atoms with E-state index in [0.29, 0.717) is 0 Å². The van der Waals surface area contributed by atoms with Crippen molar-refractivity contribution < 1.29 is 0 Å². The predicted molar refractivity (Wildman–Crippen MR) is 357 cm³/mol. The van der Waals surface area contributed by atoms with Gasteiger partial charge in [-0.1, -0.05) is 263 Å². The molecular formula is C84H55N. The summed E-state index contributed by atoms with van der Waals surface area (Å²) in [7, 11) is 0. The van der Waals surface area contributed by atoms with Crippen LogP contribution in [0.4, 0.5) is 17.1 Å². The van der Waals surface area contributed by atoms with Crippen LogP contribution in [0.15, 0.2) is 279 Å². The number of hydrogen-bond acceptors (Lipinski definition) is 1. The minimum absolute atomic E-state index is 0.0134. The molecule has 0 saturated carbocycles.